The Hall–Kier alpha value is -2.83. The van der Waals surface area contributed by atoms with Crippen molar-refractivity contribution in [3.05, 3.63) is 60.7 Å². The summed E-state index contributed by atoms with van der Waals surface area (Å²) < 4.78 is 13.2. The zero-order valence-electron chi connectivity index (χ0n) is 16.7. The molecule has 3 aromatic rings. The minimum atomic E-state index is -0.742. The number of allylic oxidation sites excluding steroid dienone is 1. The van der Waals surface area contributed by atoms with Crippen LogP contribution in [0.3, 0.4) is 0 Å². The summed E-state index contributed by atoms with van der Waals surface area (Å²) in [7, 11) is 0. The van der Waals surface area contributed by atoms with Crippen LogP contribution in [-0.2, 0) is 14.3 Å². The molecule has 1 saturated heterocycles. The summed E-state index contributed by atoms with van der Waals surface area (Å²) >= 11 is 0. The number of Topliss-reactive ketones (excluding diaryl/α,β-unsaturated/α-hetero) is 1. The first-order valence-corrected chi connectivity index (χ1v) is 9.99. The van der Waals surface area contributed by atoms with Crippen LogP contribution >= 0.6 is 0 Å². The fraction of sp³-hybridized carbons (Fsp3) is 0.348. The zero-order chi connectivity index (χ0) is 20.3. The second-order valence-electron chi connectivity index (χ2n) is 7.36. The number of hydrogen-bond donors (Lipinski definition) is 0. The number of hydrogen-bond acceptors (Lipinski definition) is 5. The molecule has 0 N–H and O–H groups in total. The van der Waals surface area contributed by atoms with Gasteiger partial charge in [-0.15, -0.1) is 0 Å². The molecule has 150 valence electrons. The molecule has 0 bridgehead atoms. The molecule has 0 atom stereocenters. The third-order valence-corrected chi connectivity index (χ3v) is 5.60. The first-order valence-electron chi connectivity index (χ1n) is 9.99. The second kappa shape index (κ2) is 8.27. The molecule has 0 amide bonds. The molecule has 1 aliphatic rings. The fourth-order valence-electron chi connectivity index (χ4n) is 3.69. The van der Waals surface area contributed by atoms with Crippen molar-refractivity contribution in [2.45, 2.75) is 33.0 Å². The van der Waals surface area contributed by atoms with Gasteiger partial charge >= 0.3 is 0 Å². The maximum Gasteiger partial charge on any atom is 0.192 e. The van der Waals surface area contributed by atoms with Gasteiger partial charge in [0, 0.05) is 0 Å². The Balaban J connectivity index is 1.79. The van der Waals surface area contributed by atoms with Gasteiger partial charge in [-0.3, -0.25) is 4.79 Å². The molecule has 0 saturated carbocycles. The van der Waals surface area contributed by atoms with Crippen molar-refractivity contribution >= 4 is 28.3 Å². The summed E-state index contributed by atoms with van der Waals surface area (Å²) in [4.78, 5) is 17.8. The number of ether oxygens (including phenoxy) is 2. The Morgan fingerprint density at radius 3 is 2.62 bits per heavy atom. The van der Waals surface area contributed by atoms with E-state index in [0.717, 1.165) is 22.8 Å². The summed E-state index contributed by atoms with van der Waals surface area (Å²) in [5.74, 6) is -0.0482. The topological polar surface area (TPSA) is 66.2 Å². The highest BCUT2D eigenvalue weighted by Crippen LogP contribution is 2.35. The zero-order valence-corrected chi connectivity index (χ0v) is 16.7. The lowest BCUT2D eigenvalue weighted by Gasteiger charge is -2.38. The number of rotatable bonds is 6. The predicted octanol–water partition coefficient (Wildman–Crippen LogP) is 4.18. The van der Waals surface area contributed by atoms with E-state index >= 15 is 0 Å². The average Bonchev–Trinajstić information content (AvgIpc) is 3.31. The maximum atomic E-state index is 13.8. The summed E-state index contributed by atoms with van der Waals surface area (Å²) in [5, 5.41) is 6.43. The first-order chi connectivity index (χ1) is 14.2. The number of ketones is 1. The Kier molecular flexibility index (Phi) is 5.56. The third-order valence-electron chi connectivity index (χ3n) is 5.60. The monoisotopic (exact) mass is 391 g/mol. The van der Waals surface area contributed by atoms with E-state index in [1.54, 1.807) is 6.33 Å². The lowest BCUT2D eigenvalue weighted by atomic mass is 9.79. The van der Waals surface area contributed by atoms with Gasteiger partial charge in [0.15, 0.2) is 12.1 Å². The van der Waals surface area contributed by atoms with Crippen molar-refractivity contribution < 1.29 is 14.3 Å². The molecule has 6 nitrogen and oxygen atoms in total. The second-order valence-corrected chi connectivity index (χ2v) is 7.36. The Morgan fingerprint density at radius 2 is 1.93 bits per heavy atom. The van der Waals surface area contributed by atoms with E-state index in [1.165, 1.54) is 11.0 Å². The lowest BCUT2D eigenvalue weighted by molar-refractivity contribution is -0.225. The van der Waals surface area contributed by atoms with Crippen molar-refractivity contribution in [3.8, 4) is 0 Å². The predicted molar refractivity (Wildman–Crippen MR) is 112 cm³/mol. The van der Waals surface area contributed by atoms with Crippen LogP contribution in [0.4, 0.5) is 0 Å². The number of carbonyl (C=O) groups is 1. The van der Waals surface area contributed by atoms with Crippen LogP contribution < -0.4 is 0 Å². The molecule has 0 radical (unpaired) electrons. The van der Waals surface area contributed by atoms with Gasteiger partial charge in [0.25, 0.3) is 0 Å². The normalized spacial score (nSPS) is 22.7. The minimum absolute atomic E-state index is 0.0482. The van der Waals surface area contributed by atoms with E-state index in [9.17, 15) is 4.79 Å². The molecule has 4 rings (SSSR count). The number of carbonyl (C=O) groups excluding carboxylic acids is 1. The SMILES string of the molecule is CCC1OCC(CC)(C(=O)C(=Cc2cccc3ccccc23)n2cncn2)CO1. The molecule has 2 heterocycles. The van der Waals surface area contributed by atoms with Gasteiger partial charge in [-0.2, -0.15) is 5.10 Å². The van der Waals surface area contributed by atoms with Crippen LogP contribution in [0.2, 0.25) is 0 Å². The quantitative estimate of drug-likeness (QED) is 0.590. The van der Waals surface area contributed by atoms with Gasteiger partial charge in [-0.25, -0.2) is 9.67 Å². The van der Waals surface area contributed by atoms with Gasteiger partial charge < -0.3 is 9.47 Å². The average molecular weight is 391 g/mol. The van der Waals surface area contributed by atoms with E-state index in [0.29, 0.717) is 25.3 Å². The van der Waals surface area contributed by atoms with E-state index in [-0.39, 0.29) is 12.1 Å². The molecule has 0 unspecified atom stereocenters. The Morgan fingerprint density at radius 1 is 1.17 bits per heavy atom. The van der Waals surface area contributed by atoms with E-state index in [4.69, 9.17) is 9.47 Å². The standard InChI is InChI=1S/C23H25N3O3/c1-3-21-28-13-23(4-2,14-29-21)22(27)20(26-16-24-15-25-26)12-18-10-7-9-17-8-5-6-11-19(17)18/h5-12,15-16,21H,3-4,13-14H2,1-2H3. The highest BCUT2D eigenvalue weighted by Gasteiger charge is 2.43. The lowest BCUT2D eigenvalue weighted by Crippen LogP contribution is -2.47. The first kappa shape index (κ1) is 19.5. The van der Waals surface area contributed by atoms with Gasteiger partial charge in [-0.05, 0) is 35.3 Å². The number of aromatic nitrogens is 3. The van der Waals surface area contributed by atoms with E-state index in [2.05, 4.69) is 28.3 Å². The molecule has 1 aliphatic heterocycles. The van der Waals surface area contributed by atoms with Gasteiger partial charge in [-0.1, -0.05) is 56.3 Å². The van der Waals surface area contributed by atoms with E-state index in [1.807, 2.05) is 44.2 Å². The minimum Gasteiger partial charge on any atom is -0.352 e. The van der Waals surface area contributed by atoms with Crippen LogP contribution in [0, 0.1) is 5.41 Å². The number of nitrogens with zero attached hydrogens (tertiary/aromatic N) is 3. The molecule has 0 spiro atoms. The summed E-state index contributed by atoms with van der Waals surface area (Å²) in [6.07, 6.45) is 6.00. The summed E-state index contributed by atoms with van der Waals surface area (Å²) in [6, 6.07) is 14.2. The van der Waals surface area contributed by atoms with Crippen molar-refractivity contribution in [2.75, 3.05) is 13.2 Å². The van der Waals surface area contributed by atoms with Gasteiger partial charge in [0.2, 0.25) is 0 Å². The van der Waals surface area contributed by atoms with Gasteiger partial charge in [0.1, 0.15) is 18.4 Å². The van der Waals surface area contributed by atoms with Crippen molar-refractivity contribution in [2.24, 2.45) is 5.41 Å². The third kappa shape index (κ3) is 3.73. The summed E-state index contributed by atoms with van der Waals surface area (Å²) in [6.45, 7) is 4.67. The highest BCUT2D eigenvalue weighted by atomic mass is 16.7. The van der Waals surface area contributed by atoms with Crippen LogP contribution in [0.5, 0.6) is 0 Å². The molecule has 1 fully saturated rings. The number of benzene rings is 2. The van der Waals surface area contributed by atoms with Crippen LogP contribution in [-0.4, -0.2) is 40.1 Å². The molecule has 0 aliphatic carbocycles. The Bertz CT molecular complexity index is 1010. The molecular weight excluding hydrogens is 366 g/mol. The van der Waals surface area contributed by atoms with Crippen LogP contribution in [0.15, 0.2) is 55.1 Å². The van der Waals surface area contributed by atoms with Crippen molar-refractivity contribution in [1.82, 2.24) is 14.8 Å². The maximum absolute atomic E-state index is 13.8. The Labute approximate surface area is 170 Å². The summed E-state index contributed by atoms with van der Waals surface area (Å²) in [5.41, 5.74) is 0.675. The van der Waals surface area contributed by atoms with Gasteiger partial charge in [0.05, 0.1) is 18.6 Å². The molecular formula is C23H25N3O3. The molecule has 29 heavy (non-hydrogen) atoms. The largest absolute Gasteiger partial charge is 0.352 e. The van der Waals surface area contributed by atoms with Crippen molar-refractivity contribution in [3.63, 3.8) is 0 Å². The fourth-order valence-corrected chi connectivity index (χ4v) is 3.69. The molecule has 6 heteroatoms. The molecule has 2 aromatic carbocycles. The van der Waals surface area contributed by atoms with Crippen LogP contribution in [0.25, 0.3) is 22.5 Å². The number of fused-ring (bicyclic) bond motifs is 1. The van der Waals surface area contributed by atoms with Crippen LogP contribution in [0.1, 0.15) is 32.3 Å². The van der Waals surface area contributed by atoms with E-state index < -0.39 is 5.41 Å². The van der Waals surface area contributed by atoms with Crippen molar-refractivity contribution in [1.29, 1.82) is 0 Å². The molecule has 1 aromatic heterocycles. The highest BCUT2D eigenvalue weighted by molar-refractivity contribution is 6.23. The smallest absolute Gasteiger partial charge is 0.192 e.